The van der Waals surface area contributed by atoms with Gasteiger partial charge in [-0.1, -0.05) is 30.3 Å². The molecule has 7 heteroatoms. The smallest absolute Gasteiger partial charge is 0.219 e. The van der Waals surface area contributed by atoms with Crippen LogP contribution in [0.1, 0.15) is 22.6 Å². The van der Waals surface area contributed by atoms with Crippen LogP contribution in [0, 0.1) is 5.82 Å². The lowest BCUT2D eigenvalue weighted by Crippen LogP contribution is -1.94. The highest BCUT2D eigenvalue weighted by molar-refractivity contribution is 5.63. The molecule has 3 aromatic heterocycles. The van der Waals surface area contributed by atoms with Gasteiger partial charge in [0.2, 0.25) is 5.88 Å². The number of rotatable bonds is 5. The molecule has 0 aliphatic heterocycles. The van der Waals surface area contributed by atoms with Gasteiger partial charge in [-0.2, -0.15) is 0 Å². The molecule has 0 aliphatic carbocycles. The zero-order valence-corrected chi connectivity index (χ0v) is 16.4. The molecule has 0 radical (unpaired) electrons. The highest BCUT2D eigenvalue weighted by Gasteiger charge is 2.18. The number of halogens is 1. The molecule has 3 heterocycles. The largest absolute Gasteiger partial charge is 0.508 e. The normalized spacial score (nSPS) is 11.3. The number of imidazole rings is 1. The SMILES string of the molecule is Oc1ccc(F)c(-c2cn3c(O)c(Cc4occc4Cc4ccccc4)nc3cn2)c1. The summed E-state index contributed by atoms with van der Waals surface area (Å²) in [5.74, 6) is 0.0549. The molecule has 2 aromatic carbocycles. The van der Waals surface area contributed by atoms with E-state index < -0.39 is 5.82 Å². The van der Waals surface area contributed by atoms with E-state index in [1.54, 1.807) is 6.26 Å². The van der Waals surface area contributed by atoms with E-state index in [-0.39, 0.29) is 22.9 Å². The number of phenols is 1. The average molecular weight is 415 g/mol. The molecule has 31 heavy (non-hydrogen) atoms. The van der Waals surface area contributed by atoms with Crippen LogP contribution in [0.5, 0.6) is 11.6 Å². The zero-order valence-electron chi connectivity index (χ0n) is 16.4. The van der Waals surface area contributed by atoms with Crippen molar-refractivity contribution in [2.24, 2.45) is 0 Å². The lowest BCUT2D eigenvalue weighted by molar-refractivity contribution is 0.438. The van der Waals surface area contributed by atoms with Crippen molar-refractivity contribution in [1.82, 2.24) is 14.4 Å². The van der Waals surface area contributed by atoms with E-state index in [1.807, 2.05) is 36.4 Å². The minimum Gasteiger partial charge on any atom is -0.508 e. The van der Waals surface area contributed by atoms with E-state index in [4.69, 9.17) is 4.42 Å². The van der Waals surface area contributed by atoms with Gasteiger partial charge >= 0.3 is 0 Å². The Morgan fingerprint density at radius 3 is 2.68 bits per heavy atom. The Kier molecular flexibility index (Phi) is 4.63. The van der Waals surface area contributed by atoms with Crippen molar-refractivity contribution >= 4 is 5.65 Å². The summed E-state index contributed by atoms with van der Waals surface area (Å²) in [4.78, 5) is 8.69. The van der Waals surface area contributed by atoms with E-state index in [9.17, 15) is 14.6 Å². The van der Waals surface area contributed by atoms with Crippen molar-refractivity contribution in [3.8, 4) is 22.9 Å². The molecule has 0 atom stereocenters. The zero-order chi connectivity index (χ0) is 21.4. The van der Waals surface area contributed by atoms with Gasteiger partial charge in [0.05, 0.1) is 24.6 Å². The summed E-state index contributed by atoms with van der Waals surface area (Å²) in [7, 11) is 0. The molecule has 5 rings (SSSR count). The quantitative estimate of drug-likeness (QED) is 0.434. The fourth-order valence-corrected chi connectivity index (χ4v) is 3.61. The van der Waals surface area contributed by atoms with Gasteiger partial charge in [-0.3, -0.25) is 9.38 Å². The second-order valence-electron chi connectivity index (χ2n) is 7.26. The molecule has 2 N–H and O–H groups in total. The van der Waals surface area contributed by atoms with Crippen molar-refractivity contribution in [2.45, 2.75) is 12.8 Å². The molecule has 6 nitrogen and oxygen atoms in total. The summed E-state index contributed by atoms with van der Waals surface area (Å²) < 4.78 is 21.3. The summed E-state index contributed by atoms with van der Waals surface area (Å²) >= 11 is 0. The lowest BCUT2D eigenvalue weighted by atomic mass is 10.0. The first-order valence-electron chi connectivity index (χ1n) is 9.72. The molecule has 0 saturated carbocycles. The second kappa shape index (κ2) is 7.60. The van der Waals surface area contributed by atoms with Crippen LogP contribution in [0.4, 0.5) is 4.39 Å². The van der Waals surface area contributed by atoms with Crippen molar-refractivity contribution in [1.29, 1.82) is 0 Å². The van der Waals surface area contributed by atoms with Crippen LogP contribution < -0.4 is 0 Å². The molecule has 0 aliphatic rings. The van der Waals surface area contributed by atoms with Gasteiger partial charge in [0.15, 0.2) is 5.65 Å². The van der Waals surface area contributed by atoms with Crippen LogP contribution in [0.3, 0.4) is 0 Å². The third-order valence-electron chi connectivity index (χ3n) is 5.18. The van der Waals surface area contributed by atoms with Gasteiger partial charge in [-0.05, 0) is 35.4 Å². The highest BCUT2D eigenvalue weighted by Crippen LogP contribution is 2.29. The van der Waals surface area contributed by atoms with E-state index in [0.717, 1.165) is 16.9 Å². The minimum absolute atomic E-state index is 0.0683. The first kappa shape index (κ1) is 18.9. The van der Waals surface area contributed by atoms with Crippen LogP contribution in [0.25, 0.3) is 16.9 Å². The van der Waals surface area contributed by atoms with Gasteiger partial charge in [0.25, 0.3) is 0 Å². The average Bonchev–Trinajstić information content (AvgIpc) is 3.34. The number of hydrogen-bond acceptors (Lipinski definition) is 5. The fraction of sp³-hybridized carbons (Fsp3) is 0.0833. The Morgan fingerprint density at radius 2 is 1.84 bits per heavy atom. The number of benzene rings is 2. The van der Waals surface area contributed by atoms with Crippen LogP contribution in [0.2, 0.25) is 0 Å². The first-order valence-corrected chi connectivity index (χ1v) is 9.72. The standard InChI is InChI=1S/C24H18FN3O3/c25-19-7-6-17(29)11-18(19)21-14-28-23(13-26-21)27-20(24(28)30)12-22-16(8-9-31-22)10-15-4-2-1-3-5-15/h1-9,11,13-14,29-30H,10,12H2. The molecule has 154 valence electrons. The minimum atomic E-state index is -0.523. The Morgan fingerprint density at radius 1 is 1.00 bits per heavy atom. The van der Waals surface area contributed by atoms with Crippen molar-refractivity contribution < 1.29 is 19.0 Å². The van der Waals surface area contributed by atoms with E-state index in [0.29, 0.717) is 24.2 Å². The summed E-state index contributed by atoms with van der Waals surface area (Å²) in [6.07, 6.45) is 5.59. The van der Waals surface area contributed by atoms with E-state index >= 15 is 0 Å². The third kappa shape index (κ3) is 3.61. The molecular formula is C24H18FN3O3. The summed E-state index contributed by atoms with van der Waals surface area (Å²) in [5, 5.41) is 20.4. The Hall–Kier alpha value is -4.13. The Labute approximate surface area is 176 Å². The maximum absolute atomic E-state index is 14.2. The van der Waals surface area contributed by atoms with Crippen molar-refractivity contribution in [3.05, 3.63) is 102 Å². The van der Waals surface area contributed by atoms with E-state index in [1.165, 1.54) is 35.0 Å². The highest BCUT2D eigenvalue weighted by atomic mass is 19.1. The number of phenolic OH excluding ortho intramolecular Hbond substituents is 1. The molecule has 0 bridgehead atoms. The lowest BCUT2D eigenvalue weighted by Gasteiger charge is -2.05. The molecule has 0 amide bonds. The van der Waals surface area contributed by atoms with Crippen LogP contribution >= 0.6 is 0 Å². The predicted molar refractivity (Wildman–Crippen MR) is 112 cm³/mol. The van der Waals surface area contributed by atoms with Crippen LogP contribution in [0.15, 0.2) is 77.7 Å². The fourth-order valence-electron chi connectivity index (χ4n) is 3.61. The summed E-state index contributed by atoms with van der Waals surface area (Å²) in [5.41, 5.74) is 3.43. The Bertz CT molecular complexity index is 1380. The maximum atomic E-state index is 14.2. The van der Waals surface area contributed by atoms with Gasteiger partial charge < -0.3 is 14.6 Å². The Balaban J connectivity index is 1.48. The molecular weight excluding hydrogens is 397 g/mol. The van der Waals surface area contributed by atoms with Crippen LogP contribution in [-0.2, 0) is 12.8 Å². The van der Waals surface area contributed by atoms with Gasteiger partial charge in [-0.15, -0.1) is 0 Å². The van der Waals surface area contributed by atoms with Gasteiger partial charge in [0, 0.05) is 18.2 Å². The van der Waals surface area contributed by atoms with Crippen molar-refractivity contribution in [3.63, 3.8) is 0 Å². The van der Waals surface area contributed by atoms with Crippen molar-refractivity contribution in [2.75, 3.05) is 0 Å². The number of furan rings is 1. The van der Waals surface area contributed by atoms with Gasteiger partial charge in [0.1, 0.15) is 23.0 Å². The molecule has 0 saturated heterocycles. The monoisotopic (exact) mass is 415 g/mol. The van der Waals surface area contributed by atoms with E-state index in [2.05, 4.69) is 9.97 Å². The predicted octanol–water partition coefficient (Wildman–Crippen LogP) is 4.72. The number of aromatic hydroxyl groups is 2. The molecule has 0 unspecified atom stereocenters. The topological polar surface area (TPSA) is 83.8 Å². The summed E-state index contributed by atoms with van der Waals surface area (Å²) in [6.45, 7) is 0. The third-order valence-corrected chi connectivity index (χ3v) is 5.18. The molecule has 5 aromatic rings. The number of fused-ring (bicyclic) bond motifs is 1. The number of aromatic nitrogens is 3. The second-order valence-corrected chi connectivity index (χ2v) is 7.26. The number of nitrogens with zero attached hydrogens (tertiary/aromatic N) is 3. The maximum Gasteiger partial charge on any atom is 0.219 e. The summed E-state index contributed by atoms with van der Waals surface area (Å²) in [6, 6.07) is 15.7. The van der Waals surface area contributed by atoms with Gasteiger partial charge in [-0.25, -0.2) is 9.37 Å². The first-order chi connectivity index (χ1) is 15.1. The molecule has 0 spiro atoms. The van der Waals surface area contributed by atoms with Crippen LogP contribution in [-0.4, -0.2) is 24.6 Å². The number of hydrogen-bond donors (Lipinski definition) is 2. The molecule has 0 fully saturated rings.